The van der Waals surface area contributed by atoms with Crippen molar-refractivity contribution >= 4 is 44.2 Å². The van der Waals surface area contributed by atoms with E-state index in [1.807, 2.05) is 42.7 Å². The van der Waals surface area contributed by atoms with Gasteiger partial charge in [-0.15, -0.1) is 0 Å². The van der Waals surface area contributed by atoms with Crippen molar-refractivity contribution in [3.63, 3.8) is 0 Å². The molecule has 0 aliphatic rings. The lowest BCUT2D eigenvalue weighted by Crippen LogP contribution is -2.27. The summed E-state index contributed by atoms with van der Waals surface area (Å²) in [6.07, 6.45) is 7.29. The van der Waals surface area contributed by atoms with Crippen molar-refractivity contribution < 1.29 is 9.84 Å². The Morgan fingerprint density at radius 3 is 2.42 bits per heavy atom. The Morgan fingerprint density at radius 2 is 1.67 bits per heavy atom. The van der Waals surface area contributed by atoms with Crippen molar-refractivity contribution in [2.24, 2.45) is 7.05 Å². The number of H-pyrrole nitrogens is 1. The number of aromatic nitrogens is 2. The Kier molecular flexibility index (Phi) is 7.13. The number of hydrogen-bond donors (Lipinski definition) is 2. The van der Waals surface area contributed by atoms with E-state index in [-0.39, 0.29) is 5.75 Å². The van der Waals surface area contributed by atoms with Gasteiger partial charge in [0.15, 0.2) is 11.5 Å². The summed E-state index contributed by atoms with van der Waals surface area (Å²) in [6, 6.07) is 13.9. The molecule has 3 aromatic carbocycles. The first kappa shape index (κ1) is 24.5. The van der Waals surface area contributed by atoms with E-state index in [0.29, 0.717) is 12.4 Å². The van der Waals surface area contributed by atoms with Gasteiger partial charge in [0.1, 0.15) is 0 Å². The van der Waals surface area contributed by atoms with Crippen LogP contribution >= 0.6 is 11.6 Å². The Balaban J connectivity index is 1.51. The van der Waals surface area contributed by atoms with E-state index < -0.39 is 0 Å². The van der Waals surface area contributed by atoms with Crippen LogP contribution in [-0.4, -0.2) is 45.8 Å². The molecule has 5 aromatic rings. The van der Waals surface area contributed by atoms with Crippen LogP contribution in [0, 0.1) is 0 Å². The molecule has 0 bridgehead atoms. The molecule has 5 rings (SSSR count). The number of phenols is 1. The zero-order valence-corrected chi connectivity index (χ0v) is 22.0. The van der Waals surface area contributed by atoms with E-state index in [1.54, 1.807) is 0 Å². The van der Waals surface area contributed by atoms with Gasteiger partial charge in [0.25, 0.3) is 0 Å². The first-order chi connectivity index (χ1) is 17.5. The van der Waals surface area contributed by atoms with Crippen molar-refractivity contribution in [2.45, 2.75) is 33.1 Å². The third-order valence-corrected chi connectivity index (χ3v) is 7.36. The molecule has 188 valence electrons. The average molecular weight is 504 g/mol. The molecule has 0 spiro atoms. The van der Waals surface area contributed by atoms with Crippen LogP contribution in [0.1, 0.15) is 33.1 Å². The second-order valence-electron chi connectivity index (χ2n) is 9.52. The number of nitrogens with zero attached hydrogens (tertiary/aromatic N) is 2. The second kappa shape index (κ2) is 10.5. The quantitative estimate of drug-likeness (QED) is 0.192. The lowest BCUT2D eigenvalue weighted by molar-refractivity contribution is 0.230. The van der Waals surface area contributed by atoms with E-state index >= 15 is 0 Å². The zero-order valence-electron chi connectivity index (χ0n) is 21.3. The number of nitrogens with one attached hydrogen (secondary N) is 1. The van der Waals surface area contributed by atoms with E-state index in [2.05, 4.69) is 47.5 Å². The maximum Gasteiger partial charge on any atom is 0.163 e. The fourth-order valence-electron chi connectivity index (χ4n) is 5.39. The highest BCUT2D eigenvalue weighted by molar-refractivity contribution is 6.34. The number of halogens is 1. The smallest absolute Gasteiger partial charge is 0.163 e. The summed E-state index contributed by atoms with van der Waals surface area (Å²) < 4.78 is 8.24. The molecule has 0 fully saturated rings. The summed E-state index contributed by atoms with van der Waals surface area (Å²) >= 11 is 6.58. The number of ether oxygens (including phenoxy) is 1. The number of fused-ring (bicyclic) bond motifs is 5. The highest BCUT2D eigenvalue weighted by atomic mass is 35.5. The average Bonchev–Trinajstić information content (AvgIpc) is 3.45. The molecule has 0 radical (unpaired) electrons. The Labute approximate surface area is 217 Å². The third kappa shape index (κ3) is 4.42. The van der Waals surface area contributed by atoms with Gasteiger partial charge in [-0.1, -0.05) is 43.6 Å². The van der Waals surface area contributed by atoms with Crippen LogP contribution in [0.15, 0.2) is 54.9 Å². The van der Waals surface area contributed by atoms with Crippen LogP contribution in [0.4, 0.5) is 0 Å². The van der Waals surface area contributed by atoms with Crippen LogP contribution in [0.5, 0.6) is 11.5 Å². The standard InChI is InChI=1S/C30H34ClN3O2/c1-4-11-34(12-5-2)13-8-14-36-29-17-26-22(16-28(29)35)30-24-19-32-18-23(24)21(15-27(30)33(26)3)20-9-6-7-10-25(20)31/h6-7,9-10,15-19,32,35H,4-5,8,11-14H2,1-3H3. The minimum atomic E-state index is 0.174. The van der Waals surface area contributed by atoms with E-state index in [1.165, 1.54) is 0 Å². The molecule has 0 saturated heterocycles. The first-order valence-electron chi connectivity index (χ1n) is 12.9. The molecule has 0 unspecified atom stereocenters. The minimum absolute atomic E-state index is 0.174. The molecule has 0 saturated carbocycles. The van der Waals surface area contributed by atoms with Crippen LogP contribution < -0.4 is 4.74 Å². The predicted octanol–water partition coefficient (Wildman–Crippen LogP) is 7.73. The summed E-state index contributed by atoms with van der Waals surface area (Å²) in [4.78, 5) is 5.76. The topological polar surface area (TPSA) is 53.4 Å². The number of phenolic OH excluding ortho intramolecular Hbond substituents is 1. The monoisotopic (exact) mass is 503 g/mol. The lowest BCUT2D eigenvalue weighted by Gasteiger charge is -2.20. The fraction of sp³-hybridized carbons (Fsp3) is 0.333. The number of benzene rings is 3. The summed E-state index contributed by atoms with van der Waals surface area (Å²) in [5.41, 5.74) is 4.19. The van der Waals surface area contributed by atoms with Gasteiger partial charge in [-0.25, -0.2) is 0 Å². The van der Waals surface area contributed by atoms with E-state index in [0.717, 1.165) is 87.6 Å². The Bertz CT molecular complexity index is 1510. The number of aromatic hydroxyl groups is 1. The second-order valence-corrected chi connectivity index (χ2v) is 9.93. The van der Waals surface area contributed by atoms with Crippen molar-refractivity contribution in [2.75, 3.05) is 26.2 Å². The Morgan fingerprint density at radius 1 is 0.917 bits per heavy atom. The molecular formula is C30H34ClN3O2. The van der Waals surface area contributed by atoms with Gasteiger partial charge in [-0.05, 0) is 56.1 Å². The highest BCUT2D eigenvalue weighted by Gasteiger charge is 2.19. The molecule has 2 N–H and O–H groups in total. The molecule has 2 aromatic heterocycles. The summed E-state index contributed by atoms with van der Waals surface area (Å²) in [6.45, 7) is 8.25. The van der Waals surface area contributed by atoms with Crippen LogP contribution in [0.3, 0.4) is 0 Å². The summed E-state index contributed by atoms with van der Waals surface area (Å²) in [5.74, 6) is 0.704. The van der Waals surface area contributed by atoms with Gasteiger partial charge >= 0.3 is 0 Å². The molecule has 36 heavy (non-hydrogen) atoms. The molecule has 0 amide bonds. The number of rotatable bonds is 10. The van der Waals surface area contributed by atoms with Crippen molar-refractivity contribution in [1.82, 2.24) is 14.5 Å². The normalized spacial score (nSPS) is 11.9. The molecule has 5 nitrogen and oxygen atoms in total. The van der Waals surface area contributed by atoms with Gasteiger partial charge in [0.2, 0.25) is 0 Å². The van der Waals surface area contributed by atoms with Gasteiger partial charge in [0.05, 0.1) is 17.6 Å². The molecule has 0 atom stereocenters. The lowest BCUT2D eigenvalue weighted by atomic mass is 9.97. The fourth-order valence-corrected chi connectivity index (χ4v) is 5.62. The molecular weight excluding hydrogens is 470 g/mol. The highest BCUT2D eigenvalue weighted by Crippen LogP contribution is 2.43. The van der Waals surface area contributed by atoms with Crippen molar-refractivity contribution in [1.29, 1.82) is 0 Å². The van der Waals surface area contributed by atoms with Crippen LogP contribution in [0.2, 0.25) is 5.02 Å². The van der Waals surface area contributed by atoms with Crippen molar-refractivity contribution in [3.8, 4) is 22.6 Å². The third-order valence-electron chi connectivity index (χ3n) is 7.03. The van der Waals surface area contributed by atoms with E-state index in [9.17, 15) is 5.11 Å². The molecule has 0 aliphatic carbocycles. The number of aryl methyl sites for hydroxylation is 1. The Hall–Kier alpha value is -3.15. The summed E-state index contributed by atoms with van der Waals surface area (Å²) in [7, 11) is 2.06. The number of hydrogen-bond acceptors (Lipinski definition) is 3. The maximum atomic E-state index is 10.9. The maximum absolute atomic E-state index is 10.9. The SMILES string of the molecule is CCCN(CCC)CCCOc1cc2c(cc1O)c1c3c[nH]cc3c(-c3ccccc3Cl)cc1n2C. The first-order valence-corrected chi connectivity index (χ1v) is 13.3. The van der Waals surface area contributed by atoms with Gasteiger partial charge in [0, 0.05) is 64.2 Å². The van der Waals surface area contributed by atoms with Crippen LogP contribution in [0.25, 0.3) is 43.7 Å². The largest absolute Gasteiger partial charge is 0.504 e. The van der Waals surface area contributed by atoms with Gasteiger partial charge in [-0.3, -0.25) is 0 Å². The number of aromatic amines is 1. The van der Waals surface area contributed by atoms with Crippen molar-refractivity contribution in [3.05, 3.63) is 59.9 Å². The van der Waals surface area contributed by atoms with Crippen LogP contribution in [-0.2, 0) is 7.05 Å². The summed E-state index contributed by atoms with van der Waals surface area (Å²) in [5, 5.41) is 15.9. The molecule has 2 heterocycles. The minimum Gasteiger partial charge on any atom is -0.504 e. The molecule has 6 heteroatoms. The predicted molar refractivity (Wildman–Crippen MR) is 152 cm³/mol. The van der Waals surface area contributed by atoms with Gasteiger partial charge in [-0.2, -0.15) is 0 Å². The van der Waals surface area contributed by atoms with E-state index in [4.69, 9.17) is 16.3 Å². The molecule has 0 aliphatic heterocycles. The van der Waals surface area contributed by atoms with Gasteiger partial charge < -0.3 is 24.3 Å². The zero-order chi connectivity index (χ0) is 25.2.